The lowest BCUT2D eigenvalue weighted by Gasteiger charge is -2.40. The number of nitrogens with zero attached hydrogens (tertiary/aromatic N) is 5. The highest BCUT2D eigenvalue weighted by molar-refractivity contribution is 7.92. The number of nitrogens with two attached hydrogens (primary N) is 1. The molecule has 12 heteroatoms. The molecule has 0 radical (unpaired) electrons. The first-order valence-electron chi connectivity index (χ1n) is 12.0. The van der Waals surface area contributed by atoms with Crippen molar-refractivity contribution in [2.45, 2.75) is 32.2 Å². The number of carbonyl (C=O) groups excluding carboxylic acids is 1. The summed E-state index contributed by atoms with van der Waals surface area (Å²) in [6.07, 6.45) is 5.58. The lowest BCUT2D eigenvalue weighted by molar-refractivity contribution is 0.0607. The maximum Gasteiger partial charge on any atom is 0.256 e. The second kappa shape index (κ2) is 9.53. The number of hydrogen-bond donors (Lipinski definition) is 2. The molecule has 0 bridgehead atoms. The first kappa shape index (κ1) is 24.8. The van der Waals surface area contributed by atoms with Crippen molar-refractivity contribution < 1.29 is 13.2 Å². The van der Waals surface area contributed by atoms with E-state index in [2.05, 4.69) is 9.62 Å². The summed E-state index contributed by atoms with van der Waals surface area (Å²) in [5.74, 6) is 1.15. The topological polar surface area (TPSA) is 126 Å². The Morgan fingerprint density at radius 3 is 2.75 bits per heavy atom. The molecule has 192 valence electrons. The fourth-order valence-electron chi connectivity index (χ4n) is 5.01. The Labute approximate surface area is 215 Å². The van der Waals surface area contributed by atoms with Gasteiger partial charge in [0.25, 0.3) is 5.91 Å². The van der Waals surface area contributed by atoms with Crippen molar-refractivity contribution in [3.05, 3.63) is 52.3 Å². The number of aromatic nitrogens is 3. The van der Waals surface area contributed by atoms with Crippen molar-refractivity contribution in [3.63, 3.8) is 0 Å². The van der Waals surface area contributed by atoms with Gasteiger partial charge in [0.1, 0.15) is 5.82 Å². The maximum absolute atomic E-state index is 13.7. The number of carbonyl (C=O) groups is 1. The van der Waals surface area contributed by atoms with Crippen LogP contribution in [0.2, 0.25) is 5.02 Å². The molecule has 0 saturated carbocycles. The number of halogens is 1. The number of anilines is 2. The molecule has 10 nitrogen and oxygen atoms in total. The minimum atomic E-state index is -3.58. The molecule has 2 aromatic heterocycles. The number of nitrogens with one attached hydrogen (secondary N) is 1. The molecule has 2 aliphatic heterocycles. The molecule has 1 atom stereocenters. The molecule has 1 aromatic carbocycles. The largest absolute Gasteiger partial charge is 0.355 e. The van der Waals surface area contributed by atoms with Gasteiger partial charge in [-0.05, 0) is 50.9 Å². The predicted molar refractivity (Wildman–Crippen MR) is 140 cm³/mol. The van der Waals surface area contributed by atoms with Gasteiger partial charge in [-0.15, -0.1) is 0 Å². The highest BCUT2D eigenvalue weighted by atomic mass is 35.5. The molecule has 2 fully saturated rings. The van der Waals surface area contributed by atoms with Crippen LogP contribution in [0.4, 0.5) is 11.5 Å². The molecule has 1 unspecified atom stereocenters. The van der Waals surface area contributed by atoms with Crippen LogP contribution in [-0.4, -0.2) is 66.3 Å². The number of hydrogen-bond acceptors (Lipinski definition) is 7. The lowest BCUT2D eigenvalue weighted by Crippen LogP contribution is -2.50. The Bertz CT molecular complexity index is 1420. The van der Waals surface area contributed by atoms with E-state index in [0.717, 1.165) is 61.3 Å². The third-order valence-corrected chi connectivity index (χ3v) is 7.65. The number of amides is 1. The number of aryl methyl sites for hydroxylation is 1. The monoisotopic (exact) mass is 531 g/mol. The summed E-state index contributed by atoms with van der Waals surface area (Å²) in [5.41, 5.74) is 8.71. The van der Waals surface area contributed by atoms with Crippen LogP contribution >= 0.6 is 11.6 Å². The van der Waals surface area contributed by atoms with Crippen LogP contribution in [0.15, 0.2) is 30.5 Å². The third kappa shape index (κ3) is 4.87. The number of rotatable bonds is 6. The Hall–Kier alpha value is -2.89. The molecular weight excluding hydrogens is 502 g/mol. The van der Waals surface area contributed by atoms with E-state index in [4.69, 9.17) is 27.4 Å². The van der Waals surface area contributed by atoms with E-state index in [9.17, 15) is 13.2 Å². The fourth-order valence-corrected chi connectivity index (χ4v) is 5.76. The highest BCUT2D eigenvalue weighted by Gasteiger charge is 2.33. The van der Waals surface area contributed by atoms with Gasteiger partial charge in [0.2, 0.25) is 10.0 Å². The molecule has 4 heterocycles. The van der Waals surface area contributed by atoms with E-state index in [-0.39, 0.29) is 23.2 Å². The average Bonchev–Trinajstić information content (AvgIpc) is 3.21. The number of fused-ring (bicyclic) bond motifs is 1. The Morgan fingerprint density at radius 2 is 2.03 bits per heavy atom. The average molecular weight is 532 g/mol. The third-order valence-electron chi connectivity index (χ3n) is 6.83. The zero-order valence-electron chi connectivity index (χ0n) is 20.3. The normalized spacial score (nSPS) is 18.9. The van der Waals surface area contributed by atoms with Gasteiger partial charge in [-0.1, -0.05) is 11.6 Å². The summed E-state index contributed by atoms with van der Waals surface area (Å²) >= 11 is 6.19. The molecule has 0 spiro atoms. The summed E-state index contributed by atoms with van der Waals surface area (Å²) in [6, 6.07) is 6.26. The van der Waals surface area contributed by atoms with Crippen LogP contribution < -0.4 is 15.4 Å². The summed E-state index contributed by atoms with van der Waals surface area (Å²) in [4.78, 5) is 22.6. The van der Waals surface area contributed by atoms with Crippen LogP contribution in [0, 0.1) is 12.8 Å². The van der Waals surface area contributed by atoms with Gasteiger partial charge < -0.3 is 15.5 Å². The van der Waals surface area contributed by atoms with Crippen LogP contribution in [0.5, 0.6) is 0 Å². The van der Waals surface area contributed by atoms with Gasteiger partial charge in [-0.25, -0.2) is 17.9 Å². The van der Waals surface area contributed by atoms with Gasteiger partial charge in [-0.2, -0.15) is 5.10 Å². The smallest absolute Gasteiger partial charge is 0.256 e. The van der Waals surface area contributed by atoms with Crippen LogP contribution in [0.1, 0.15) is 46.9 Å². The van der Waals surface area contributed by atoms with E-state index in [1.165, 1.54) is 12.1 Å². The summed E-state index contributed by atoms with van der Waals surface area (Å²) in [5, 5.41) is 5.14. The van der Waals surface area contributed by atoms with Crippen molar-refractivity contribution in [1.82, 2.24) is 19.5 Å². The van der Waals surface area contributed by atoms with Gasteiger partial charge in [0.15, 0.2) is 5.65 Å². The quantitative estimate of drug-likeness (QED) is 0.501. The molecule has 3 aromatic rings. The zero-order valence-corrected chi connectivity index (χ0v) is 21.9. The Morgan fingerprint density at radius 1 is 1.25 bits per heavy atom. The highest BCUT2D eigenvalue weighted by Crippen LogP contribution is 2.34. The van der Waals surface area contributed by atoms with Crippen molar-refractivity contribution in [2.75, 3.05) is 42.1 Å². The van der Waals surface area contributed by atoms with E-state index < -0.39 is 10.0 Å². The van der Waals surface area contributed by atoms with Gasteiger partial charge >= 0.3 is 0 Å². The number of piperidine rings is 1. The molecular formula is C24H30ClN7O3S. The van der Waals surface area contributed by atoms with Crippen molar-refractivity contribution in [2.24, 2.45) is 11.7 Å². The molecule has 2 saturated heterocycles. The Balaban J connectivity index is 1.47. The summed E-state index contributed by atoms with van der Waals surface area (Å²) < 4.78 is 28.0. The van der Waals surface area contributed by atoms with Crippen LogP contribution in [-0.2, 0) is 10.0 Å². The second-order valence-electron chi connectivity index (χ2n) is 9.70. The minimum Gasteiger partial charge on any atom is -0.355 e. The minimum absolute atomic E-state index is 0.207. The van der Waals surface area contributed by atoms with Gasteiger partial charge in [0, 0.05) is 48.4 Å². The van der Waals surface area contributed by atoms with E-state index in [1.807, 2.05) is 19.2 Å². The summed E-state index contributed by atoms with van der Waals surface area (Å²) in [7, 11) is -3.58. The maximum atomic E-state index is 13.7. The first-order chi connectivity index (χ1) is 17.1. The van der Waals surface area contributed by atoms with Crippen molar-refractivity contribution in [3.8, 4) is 0 Å². The number of likely N-dealkylation sites (tertiary alicyclic amines) is 1. The molecule has 36 heavy (non-hydrogen) atoms. The van der Waals surface area contributed by atoms with Gasteiger partial charge in [-0.3, -0.25) is 9.52 Å². The SMILES string of the molecule is Cc1cn2nc(C3CCCCN3C(=O)c3cc(Cl)ccc3NS(C)(=O)=O)cc2nc1N1CC(CN)C1. The standard InChI is InChI=1S/C24H30ClN7O3S/c1-15-12-32-22(27-23(15)30-13-16(11-26)14-30)10-20(28-32)21-5-3-4-8-31(21)24(33)18-9-17(25)6-7-19(18)29-36(2,34)35/h6-7,9-10,12,16,21,29H,3-5,8,11,13-14,26H2,1-2H3. The molecule has 1 amide bonds. The van der Waals surface area contributed by atoms with Crippen LogP contribution in [0.3, 0.4) is 0 Å². The second-order valence-corrected chi connectivity index (χ2v) is 11.9. The lowest BCUT2D eigenvalue weighted by atomic mass is 9.98. The van der Waals surface area contributed by atoms with Crippen molar-refractivity contribution in [1.29, 1.82) is 0 Å². The van der Waals surface area contributed by atoms with E-state index in [0.29, 0.717) is 24.0 Å². The molecule has 5 rings (SSSR count). The first-order valence-corrected chi connectivity index (χ1v) is 14.3. The van der Waals surface area contributed by atoms with E-state index >= 15 is 0 Å². The number of sulfonamides is 1. The molecule has 3 N–H and O–H groups in total. The zero-order chi connectivity index (χ0) is 25.6. The number of benzene rings is 1. The molecule has 2 aliphatic rings. The van der Waals surface area contributed by atoms with E-state index in [1.54, 1.807) is 15.5 Å². The summed E-state index contributed by atoms with van der Waals surface area (Å²) in [6.45, 7) is 5.03. The van der Waals surface area contributed by atoms with Gasteiger partial charge in [0.05, 0.1) is 29.2 Å². The molecule has 0 aliphatic carbocycles. The fraction of sp³-hybridized carbons (Fsp3) is 0.458. The van der Waals surface area contributed by atoms with Crippen molar-refractivity contribution >= 4 is 44.7 Å². The van der Waals surface area contributed by atoms with Crippen LogP contribution in [0.25, 0.3) is 5.65 Å². The Kier molecular flexibility index (Phi) is 6.56. The predicted octanol–water partition coefficient (Wildman–Crippen LogP) is 2.82.